The Labute approximate surface area is 197 Å². The normalized spacial score (nSPS) is 11.2. The Hall–Kier alpha value is -1.10. The second-order valence-electron chi connectivity index (χ2n) is 6.55. The molecule has 7 nitrogen and oxygen atoms in total. The molecule has 0 saturated heterocycles. The van der Waals surface area contributed by atoms with Gasteiger partial charge >= 0.3 is 0 Å². The Morgan fingerprint density at radius 1 is 1.28 bits per heavy atom. The van der Waals surface area contributed by atoms with Gasteiger partial charge in [-0.05, 0) is 45.0 Å². The summed E-state index contributed by atoms with van der Waals surface area (Å²) in [5.74, 6) is 0.658. The van der Waals surface area contributed by atoms with Crippen LogP contribution in [0, 0.1) is 6.92 Å². The van der Waals surface area contributed by atoms with Gasteiger partial charge in [-0.1, -0.05) is 17.7 Å². The van der Waals surface area contributed by atoms with Crippen LogP contribution in [0.5, 0.6) is 0 Å². The highest BCUT2D eigenvalue weighted by molar-refractivity contribution is 14.0. The van der Waals surface area contributed by atoms with E-state index < -0.39 is 0 Å². The minimum atomic E-state index is -0.0633. The quantitative estimate of drug-likeness (QED) is 0.165. The summed E-state index contributed by atoms with van der Waals surface area (Å²) in [6.07, 6.45) is 1.35. The second-order valence-corrected chi connectivity index (χ2v) is 6.95. The minimum absolute atomic E-state index is 0. The maximum absolute atomic E-state index is 12.2. The van der Waals surface area contributed by atoms with Crippen molar-refractivity contribution in [2.45, 2.75) is 26.7 Å². The van der Waals surface area contributed by atoms with Gasteiger partial charge in [0.15, 0.2) is 5.96 Å². The number of amides is 1. The standard InChI is InChI=1S/C20H34ClN5O2.HI/c1-5-22-20(24-12-14-26(3)13-7-15-28-4)23-11-10-19(27)25-18-9-6-8-17(21)16(18)2;/h6,8-9H,5,7,10-15H2,1-4H3,(H,25,27)(H2,22,23,24);1H. The zero-order valence-electron chi connectivity index (χ0n) is 17.9. The van der Waals surface area contributed by atoms with Crippen LogP contribution in [-0.4, -0.2) is 70.3 Å². The van der Waals surface area contributed by atoms with E-state index in [1.54, 1.807) is 7.11 Å². The van der Waals surface area contributed by atoms with E-state index in [0.717, 1.165) is 49.9 Å². The van der Waals surface area contributed by atoms with Crippen molar-refractivity contribution in [2.24, 2.45) is 4.99 Å². The summed E-state index contributed by atoms with van der Waals surface area (Å²) < 4.78 is 5.07. The summed E-state index contributed by atoms with van der Waals surface area (Å²) in [7, 11) is 3.79. The predicted octanol–water partition coefficient (Wildman–Crippen LogP) is 3.12. The van der Waals surface area contributed by atoms with Gasteiger partial charge in [-0.3, -0.25) is 9.79 Å². The van der Waals surface area contributed by atoms with Crippen LogP contribution in [0.25, 0.3) is 0 Å². The number of hydrogen-bond acceptors (Lipinski definition) is 4. The summed E-state index contributed by atoms with van der Waals surface area (Å²) in [5.41, 5.74) is 1.62. The zero-order chi connectivity index (χ0) is 20.8. The van der Waals surface area contributed by atoms with Crippen molar-refractivity contribution in [3.05, 3.63) is 28.8 Å². The lowest BCUT2D eigenvalue weighted by molar-refractivity contribution is -0.116. The molecule has 0 aromatic heterocycles. The fourth-order valence-electron chi connectivity index (χ4n) is 2.51. The van der Waals surface area contributed by atoms with Crippen LogP contribution in [0.15, 0.2) is 23.2 Å². The Morgan fingerprint density at radius 2 is 2.03 bits per heavy atom. The van der Waals surface area contributed by atoms with Gasteiger partial charge in [-0.15, -0.1) is 24.0 Å². The average Bonchev–Trinajstić information content (AvgIpc) is 2.65. The number of halogens is 2. The van der Waals surface area contributed by atoms with Crippen molar-refractivity contribution in [3.63, 3.8) is 0 Å². The van der Waals surface area contributed by atoms with Gasteiger partial charge in [0, 0.05) is 57.0 Å². The van der Waals surface area contributed by atoms with E-state index in [0.29, 0.717) is 24.5 Å². The number of guanidine groups is 1. The fourth-order valence-corrected chi connectivity index (χ4v) is 2.69. The van der Waals surface area contributed by atoms with Crippen LogP contribution in [0.3, 0.4) is 0 Å². The lowest BCUT2D eigenvalue weighted by atomic mass is 10.2. The molecule has 0 heterocycles. The molecule has 0 aliphatic heterocycles. The number of likely N-dealkylation sites (N-methyl/N-ethyl adjacent to an activating group) is 1. The molecule has 9 heteroatoms. The number of carbonyl (C=O) groups is 1. The first-order valence-corrected chi connectivity index (χ1v) is 10.1. The maximum Gasteiger partial charge on any atom is 0.226 e. The van der Waals surface area contributed by atoms with Gasteiger partial charge < -0.3 is 25.6 Å². The number of nitrogens with zero attached hydrogens (tertiary/aromatic N) is 2. The SMILES string of the molecule is CCNC(=NCCN(C)CCCOC)NCCC(=O)Nc1cccc(Cl)c1C.I. The number of nitrogens with one attached hydrogen (secondary N) is 3. The van der Waals surface area contributed by atoms with Gasteiger partial charge in [0.2, 0.25) is 5.91 Å². The molecule has 0 atom stereocenters. The average molecular weight is 540 g/mol. The third kappa shape index (κ3) is 12.2. The van der Waals surface area contributed by atoms with Crippen LogP contribution in [0.4, 0.5) is 5.69 Å². The van der Waals surface area contributed by atoms with E-state index in [-0.39, 0.29) is 29.9 Å². The molecule has 29 heavy (non-hydrogen) atoms. The lowest BCUT2D eigenvalue weighted by Crippen LogP contribution is -2.39. The third-order valence-corrected chi connectivity index (χ3v) is 4.58. The van der Waals surface area contributed by atoms with Crippen molar-refractivity contribution in [1.82, 2.24) is 15.5 Å². The van der Waals surface area contributed by atoms with E-state index >= 15 is 0 Å². The monoisotopic (exact) mass is 539 g/mol. The van der Waals surface area contributed by atoms with Crippen LogP contribution < -0.4 is 16.0 Å². The largest absolute Gasteiger partial charge is 0.385 e. The van der Waals surface area contributed by atoms with Crippen LogP contribution in [-0.2, 0) is 9.53 Å². The number of carbonyl (C=O) groups excluding carboxylic acids is 1. The first-order valence-electron chi connectivity index (χ1n) is 9.72. The molecule has 0 spiro atoms. The van der Waals surface area contributed by atoms with E-state index in [2.05, 4.69) is 32.9 Å². The maximum atomic E-state index is 12.2. The van der Waals surface area contributed by atoms with Crippen molar-refractivity contribution in [2.75, 3.05) is 58.8 Å². The first kappa shape index (κ1) is 27.9. The number of hydrogen-bond donors (Lipinski definition) is 3. The third-order valence-electron chi connectivity index (χ3n) is 4.17. The van der Waals surface area contributed by atoms with Gasteiger partial charge in [-0.25, -0.2) is 0 Å². The summed E-state index contributed by atoms with van der Waals surface area (Å²) in [6, 6.07) is 5.48. The van der Waals surface area contributed by atoms with Crippen LogP contribution >= 0.6 is 35.6 Å². The van der Waals surface area contributed by atoms with Gasteiger partial charge in [0.1, 0.15) is 0 Å². The Balaban J connectivity index is 0.00000784. The molecule has 1 rings (SSSR count). The van der Waals surface area contributed by atoms with Gasteiger partial charge in [0.25, 0.3) is 0 Å². The van der Waals surface area contributed by atoms with Crippen molar-refractivity contribution >= 4 is 53.1 Å². The highest BCUT2D eigenvalue weighted by Crippen LogP contribution is 2.22. The molecule has 0 aliphatic carbocycles. The Bertz CT molecular complexity index is 631. The molecule has 0 fully saturated rings. The predicted molar refractivity (Wildman–Crippen MR) is 133 cm³/mol. The highest BCUT2D eigenvalue weighted by Gasteiger charge is 2.07. The van der Waals surface area contributed by atoms with E-state index in [1.165, 1.54) is 0 Å². The van der Waals surface area contributed by atoms with Crippen molar-refractivity contribution in [3.8, 4) is 0 Å². The van der Waals surface area contributed by atoms with Gasteiger partial charge in [0.05, 0.1) is 6.54 Å². The molecule has 1 amide bonds. The van der Waals surface area contributed by atoms with Crippen LogP contribution in [0.2, 0.25) is 5.02 Å². The molecule has 0 unspecified atom stereocenters. The highest BCUT2D eigenvalue weighted by atomic mass is 127. The van der Waals surface area contributed by atoms with E-state index in [1.807, 2.05) is 32.0 Å². The molecule has 0 aliphatic rings. The van der Waals surface area contributed by atoms with Gasteiger partial charge in [-0.2, -0.15) is 0 Å². The first-order chi connectivity index (χ1) is 13.5. The number of ether oxygens (including phenoxy) is 1. The number of rotatable bonds is 12. The van der Waals surface area contributed by atoms with E-state index in [9.17, 15) is 4.79 Å². The molecule has 1 aromatic rings. The second kappa shape index (κ2) is 16.7. The molecular weight excluding hydrogens is 505 g/mol. The fraction of sp³-hybridized carbons (Fsp3) is 0.600. The van der Waals surface area contributed by atoms with E-state index in [4.69, 9.17) is 16.3 Å². The zero-order valence-corrected chi connectivity index (χ0v) is 21.0. The number of methoxy groups -OCH3 is 1. The van der Waals surface area contributed by atoms with Crippen molar-refractivity contribution < 1.29 is 9.53 Å². The Kier molecular flexibility index (Phi) is 16.0. The summed E-state index contributed by atoms with van der Waals surface area (Å²) in [4.78, 5) is 19.0. The van der Waals surface area contributed by atoms with Crippen molar-refractivity contribution in [1.29, 1.82) is 0 Å². The smallest absolute Gasteiger partial charge is 0.226 e. The molecule has 0 radical (unpaired) electrons. The summed E-state index contributed by atoms with van der Waals surface area (Å²) in [5, 5.41) is 9.94. The van der Waals surface area contributed by atoms with Crippen LogP contribution in [0.1, 0.15) is 25.3 Å². The minimum Gasteiger partial charge on any atom is -0.385 e. The molecule has 3 N–H and O–H groups in total. The number of aliphatic imine (C=N–C) groups is 1. The molecule has 0 saturated carbocycles. The molecule has 0 bridgehead atoms. The molecular formula is C20H35ClIN5O2. The number of benzene rings is 1. The molecule has 1 aromatic carbocycles. The summed E-state index contributed by atoms with van der Waals surface area (Å²) in [6.45, 7) is 8.48. The summed E-state index contributed by atoms with van der Waals surface area (Å²) >= 11 is 6.09. The molecule has 166 valence electrons. The number of anilines is 1. The topological polar surface area (TPSA) is 78.0 Å². The lowest BCUT2D eigenvalue weighted by Gasteiger charge is -2.16. The Morgan fingerprint density at radius 3 is 2.72 bits per heavy atom.